The summed E-state index contributed by atoms with van der Waals surface area (Å²) in [6, 6.07) is 6.84. The summed E-state index contributed by atoms with van der Waals surface area (Å²) in [5.74, 6) is -1.51. The van der Waals surface area contributed by atoms with Crippen LogP contribution in [0.15, 0.2) is 36.4 Å². The summed E-state index contributed by atoms with van der Waals surface area (Å²) in [5.41, 5.74) is 0.463. The molecule has 0 aliphatic heterocycles. The van der Waals surface area contributed by atoms with Gasteiger partial charge in [0.05, 0.1) is 19.4 Å². The summed E-state index contributed by atoms with van der Waals surface area (Å²) in [7, 11) is 1.48. The second-order valence-corrected chi connectivity index (χ2v) is 4.35. The molecule has 0 fully saturated rings. The first-order valence-electron chi connectivity index (χ1n) is 6.97. The van der Waals surface area contributed by atoms with Gasteiger partial charge in [-0.15, -0.1) is 0 Å². The van der Waals surface area contributed by atoms with Gasteiger partial charge in [0.25, 0.3) is 5.91 Å². The van der Waals surface area contributed by atoms with Gasteiger partial charge in [-0.05, 0) is 26.0 Å². The number of carbonyl (C=O) groups excluding carboxylic acids is 3. The minimum absolute atomic E-state index is 0.204. The van der Waals surface area contributed by atoms with Crippen molar-refractivity contribution in [3.8, 4) is 5.75 Å². The van der Waals surface area contributed by atoms with E-state index in [4.69, 9.17) is 9.47 Å². The van der Waals surface area contributed by atoms with E-state index in [0.717, 1.165) is 12.2 Å². The van der Waals surface area contributed by atoms with Crippen molar-refractivity contribution in [2.45, 2.75) is 20.0 Å². The van der Waals surface area contributed by atoms with E-state index in [2.05, 4.69) is 10.1 Å². The van der Waals surface area contributed by atoms with E-state index in [1.807, 2.05) is 0 Å². The van der Waals surface area contributed by atoms with E-state index in [-0.39, 0.29) is 6.61 Å². The van der Waals surface area contributed by atoms with Crippen LogP contribution >= 0.6 is 0 Å². The Bertz CT molecular complexity index is 596. The molecule has 7 heteroatoms. The zero-order valence-corrected chi connectivity index (χ0v) is 13.2. The smallest absolute Gasteiger partial charge is 0.331 e. The summed E-state index contributed by atoms with van der Waals surface area (Å²) >= 11 is 0. The Balaban J connectivity index is 2.57. The zero-order valence-electron chi connectivity index (χ0n) is 13.2. The summed E-state index contributed by atoms with van der Waals surface area (Å²) in [6.45, 7) is 3.27. The molecular weight excluding hydrogens is 302 g/mol. The maximum Gasteiger partial charge on any atom is 0.331 e. The molecule has 1 atom stereocenters. The summed E-state index contributed by atoms with van der Waals surface area (Å²) in [5, 5.41) is 2.59. The number of para-hydroxylation sites is 2. The third-order valence-electron chi connectivity index (χ3n) is 2.67. The Labute approximate surface area is 134 Å². The number of esters is 2. The maximum absolute atomic E-state index is 12.0. The van der Waals surface area contributed by atoms with Crippen molar-refractivity contribution in [1.82, 2.24) is 0 Å². The first kappa shape index (κ1) is 18.2. The summed E-state index contributed by atoms with van der Waals surface area (Å²) in [4.78, 5) is 34.6. The lowest BCUT2D eigenvalue weighted by Gasteiger charge is -2.14. The molecule has 1 N–H and O–H groups in total. The van der Waals surface area contributed by atoms with E-state index in [1.54, 1.807) is 31.2 Å². The summed E-state index contributed by atoms with van der Waals surface area (Å²) < 4.78 is 14.6. The molecule has 1 aromatic rings. The van der Waals surface area contributed by atoms with Crippen molar-refractivity contribution in [2.75, 3.05) is 19.0 Å². The minimum Gasteiger partial charge on any atom is -0.495 e. The molecule has 1 aromatic carbocycles. The van der Waals surface area contributed by atoms with Crippen LogP contribution in [-0.2, 0) is 23.9 Å². The van der Waals surface area contributed by atoms with E-state index in [1.165, 1.54) is 14.0 Å². The Kier molecular flexibility index (Phi) is 7.32. The molecule has 1 amide bonds. The Morgan fingerprint density at radius 1 is 1.17 bits per heavy atom. The first-order valence-corrected chi connectivity index (χ1v) is 6.97. The van der Waals surface area contributed by atoms with Crippen molar-refractivity contribution >= 4 is 23.5 Å². The van der Waals surface area contributed by atoms with Gasteiger partial charge in [-0.1, -0.05) is 12.1 Å². The lowest BCUT2D eigenvalue weighted by Crippen LogP contribution is -2.29. The van der Waals surface area contributed by atoms with E-state index in [9.17, 15) is 14.4 Å². The second-order valence-electron chi connectivity index (χ2n) is 4.35. The standard InChI is InChI=1S/C16H19NO6/c1-4-22-14(18)9-10-15(19)23-11(2)16(20)17-12-7-5-6-8-13(12)21-3/h5-11H,4H2,1-3H3,(H,17,20). The van der Waals surface area contributed by atoms with Gasteiger partial charge in [-0.2, -0.15) is 0 Å². The number of methoxy groups -OCH3 is 1. The number of anilines is 1. The maximum atomic E-state index is 12.0. The number of rotatable bonds is 7. The van der Waals surface area contributed by atoms with Crippen molar-refractivity contribution in [1.29, 1.82) is 0 Å². The second kappa shape index (κ2) is 9.24. The van der Waals surface area contributed by atoms with Gasteiger partial charge in [0, 0.05) is 12.2 Å². The highest BCUT2D eigenvalue weighted by molar-refractivity contribution is 5.98. The lowest BCUT2D eigenvalue weighted by atomic mass is 10.2. The Morgan fingerprint density at radius 3 is 2.48 bits per heavy atom. The van der Waals surface area contributed by atoms with Crippen molar-refractivity contribution < 1.29 is 28.6 Å². The third-order valence-corrected chi connectivity index (χ3v) is 2.67. The Hall–Kier alpha value is -2.83. The predicted octanol–water partition coefficient (Wildman–Crippen LogP) is 1.68. The van der Waals surface area contributed by atoms with E-state index >= 15 is 0 Å². The average molecular weight is 321 g/mol. The fourth-order valence-electron chi connectivity index (χ4n) is 1.58. The van der Waals surface area contributed by atoms with Crippen LogP contribution in [0, 0.1) is 0 Å². The van der Waals surface area contributed by atoms with Gasteiger partial charge < -0.3 is 19.5 Å². The molecule has 0 bridgehead atoms. The number of hydrogen-bond donors (Lipinski definition) is 1. The fraction of sp³-hybridized carbons (Fsp3) is 0.312. The molecule has 7 nitrogen and oxygen atoms in total. The molecule has 0 spiro atoms. The number of amides is 1. The topological polar surface area (TPSA) is 90.9 Å². The zero-order chi connectivity index (χ0) is 17.2. The molecule has 0 heterocycles. The SMILES string of the molecule is CCOC(=O)C=CC(=O)OC(C)C(=O)Nc1ccccc1OC. The summed E-state index contributed by atoms with van der Waals surface area (Å²) in [6.07, 6.45) is 0.806. The van der Waals surface area contributed by atoms with Crippen LogP contribution in [0.4, 0.5) is 5.69 Å². The van der Waals surface area contributed by atoms with Gasteiger partial charge in [0.2, 0.25) is 0 Å². The normalized spacial score (nSPS) is 11.6. The van der Waals surface area contributed by atoms with Crippen LogP contribution in [0.2, 0.25) is 0 Å². The number of nitrogens with one attached hydrogen (secondary N) is 1. The molecule has 1 unspecified atom stereocenters. The number of hydrogen-bond acceptors (Lipinski definition) is 6. The first-order chi connectivity index (χ1) is 11.0. The molecule has 0 saturated heterocycles. The van der Waals surface area contributed by atoms with Gasteiger partial charge in [-0.25, -0.2) is 9.59 Å². The third kappa shape index (κ3) is 6.21. The van der Waals surface area contributed by atoms with E-state index < -0.39 is 23.9 Å². The van der Waals surface area contributed by atoms with Crippen LogP contribution in [0.5, 0.6) is 5.75 Å². The van der Waals surface area contributed by atoms with Crippen LogP contribution in [-0.4, -0.2) is 37.7 Å². The van der Waals surface area contributed by atoms with Gasteiger partial charge in [-0.3, -0.25) is 4.79 Å². The van der Waals surface area contributed by atoms with Crippen LogP contribution in [0.25, 0.3) is 0 Å². The average Bonchev–Trinajstić information content (AvgIpc) is 2.53. The highest BCUT2D eigenvalue weighted by Crippen LogP contribution is 2.23. The van der Waals surface area contributed by atoms with Crippen molar-refractivity contribution in [3.05, 3.63) is 36.4 Å². The van der Waals surface area contributed by atoms with Crippen LogP contribution in [0.3, 0.4) is 0 Å². The quantitative estimate of drug-likeness (QED) is 0.607. The monoisotopic (exact) mass is 321 g/mol. The molecule has 0 saturated carbocycles. The fourth-order valence-corrected chi connectivity index (χ4v) is 1.58. The molecule has 0 aliphatic rings. The number of carbonyl (C=O) groups is 3. The highest BCUT2D eigenvalue weighted by atomic mass is 16.5. The highest BCUT2D eigenvalue weighted by Gasteiger charge is 2.18. The van der Waals surface area contributed by atoms with Crippen molar-refractivity contribution in [3.63, 3.8) is 0 Å². The molecule has 0 aromatic heterocycles. The van der Waals surface area contributed by atoms with Gasteiger partial charge in [0.15, 0.2) is 6.10 Å². The predicted molar refractivity (Wildman–Crippen MR) is 83.0 cm³/mol. The van der Waals surface area contributed by atoms with Crippen molar-refractivity contribution in [2.24, 2.45) is 0 Å². The molecule has 0 aliphatic carbocycles. The molecule has 124 valence electrons. The van der Waals surface area contributed by atoms with Gasteiger partial charge in [0.1, 0.15) is 5.75 Å². The van der Waals surface area contributed by atoms with E-state index in [0.29, 0.717) is 11.4 Å². The molecule has 0 radical (unpaired) electrons. The Morgan fingerprint density at radius 2 is 1.83 bits per heavy atom. The molecule has 23 heavy (non-hydrogen) atoms. The number of benzene rings is 1. The van der Waals surface area contributed by atoms with Gasteiger partial charge >= 0.3 is 11.9 Å². The minimum atomic E-state index is -1.04. The lowest BCUT2D eigenvalue weighted by molar-refractivity contribution is -0.148. The molecular formula is C16H19NO6. The molecule has 1 rings (SSSR count). The number of ether oxygens (including phenoxy) is 3. The van der Waals surface area contributed by atoms with Crippen LogP contribution in [0.1, 0.15) is 13.8 Å². The van der Waals surface area contributed by atoms with Crippen LogP contribution < -0.4 is 10.1 Å². The largest absolute Gasteiger partial charge is 0.495 e.